The minimum absolute atomic E-state index is 0.456. The van der Waals surface area contributed by atoms with Crippen molar-refractivity contribution in [2.75, 3.05) is 39.9 Å². The fourth-order valence-electron chi connectivity index (χ4n) is 4.68. The number of likely N-dealkylation sites (tertiary alicyclic amines) is 2. The summed E-state index contributed by atoms with van der Waals surface area (Å²) in [4.78, 5) is 6.80. The van der Waals surface area contributed by atoms with Crippen LogP contribution < -0.4 is 0 Å². The summed E-state index contributed by atoms with van der Waals surface area (Å²) in [5.74, 6) is 0.681. The highest BCUT2D eigenvalue weighted by molar-refractivity contribution is 7.09. The summed E-state index contributed by atoms with van der Waals surface area (Å²) in [6.45, 7) is 8.02. The first-order valence-electron chi connectivity index (χ1n) is 9.24. The summed E-state index contributed by atoms with van der Waals surface area (Å²) in [7, 11) is 1.86. The minimum Gasteiger partial charge on any atom is -0.384 e. The normalized spacial score (nSPS) is 24.3. The number of ether oxygens (including phenoxy) is 1. The van der Waals surface area contributed by atoms with Crippen molar-refractivity contribution < 1.29 is 4.74 Å². The van der Waals surface area contributed by atoms with Crippen molar-refractivity contribution in [3.63, 3.8) is 0 Å². The summed E-state index contributed by atoms with van der Waals surface area (Å²) >= 11 is 3.69. The first-order chi connectivity index (χ1) is 12.3. The van der Waals surface area contributed by atoms with Gasteiger partial charge in [-0.3, -0.25) is 9.80 Å². The summed E-state index contributed by atoms with van der Waals surface area (Å²) in [6, 6.07) is 6.70. The van der Waals surface area contributed by atoms with Crippen LogP contribution in [0.5, 0.6) is 0 Å². The zero-order chi connectivity index (χ0) is 17.1. The van der Waals surface area contributed by atoms with Crippen LogP contribution in [0.4, 0.5) is 0 Å². The van der Waals surface area contributed by atoms with Crippen LogP contribution in [0.1, 0.15) is 23.3 Å². The van der Waals surface area contributed by atoms with Crippen LogP contribution in [0.15, 0.2) is 34.3 Å². The second-order valence-electron chi connectivity index (χ2n) is 7.67. The molecule has 1 spiro atoms. The van der Waals surface area contributed by atoms with Crippen molar-refractivity contribution in [2.24, 2.45) is 11.3 Å². The molecule has 2 fully saturated rings. The van der Waals surface area contributed by atoms with E-state index in [1.807, 2.05) is 18.4 Å². The standard InChI is InChI=1S/C20H28N2OS2/c1-23-14-18-12-22(11-17-4-10-24-15-17)16-20(18)5-7-21(8-6-20)13-19-3-2-9-25-19/h2-4,9-10,15,18H,5-8,11-14,16H2,1H3. The molecule has 3 nitrogen and oxygen atoms in total. The summed E-state index contributed by atoms with van der Waals surface area (Å²) < 4.78 is 5.61. The highest BCUT2D eigenvalue weighted by Crippen LogP contribution is 2.45. The maximum absolute atomic E-state index is 5.61. The van der Waals surface area contributed by atoms with Gasteiger partial charge in [0, 0.05) is 44.1 Å². The van der Waals surface area contributed by atoms with Crippen molar-refractivity contribution in [1.82, 2.24) is 9.80 Å². The fraction of sp³-hybridized carbons (Fsp3) is 0.600. The van der Waals surface area contributed by atoms with Gasteiger partial charge in [-0.25, -0.2) is 0 Å². The summed E-state index contributed by atoms with van der Waals surface area (Å²) in [5.41, 5.74) is 1.92. The molecule has 0 aliphatic carbocycles. The number of methoxy groups -OCH3 is 1. The molecule has 0 bridgehead atoms. The number of nitrogens with zero attached hydrogens (tertiary/aromatic N) is 2. The molecule has 4 rings (SSSR count). The van der Waals surface area contributed by atoms with Gasteiger partial charge in [-0.15, -0.1) is 11.3 Å². The van der Waals surface area contributed by atoms with Crippen LogP contribution in [-0.2, 0) is 17.8 Å². The van der Waals surface area contributed by atoms with Gasteiger partial charge in [0.2, 0.25) is 0 Å². The fourth-order valence-corrected chi connectivity index (χ4v) is 6.09. The average molecular weight is 377 g/mol. The Morgan fingerprint density at radius 3 is 2.72 bits per heavy atom. The Bertz CT molecular complexity index is 633. The van der Waals surface area contributed by atoms with Crippen LogP contribution in [0.25, 0.3) is 0 Å². The molecule has 2 aliphatic heterocycles. The number of hydrogen-bond acceptors (Lipinski definition) is 5. The molecule has 25 heavy (non-hydrogen) atoms. The van der Waals surface area contributed by atoms with Crippen LogP contribution in [0.3, 0.4) is 0 Å². The van der Waals surface area contributed by atoms with Gasteiger partial charge in [-0.1, -0.05) is 6.07 Å². The number of piperidine rings is 1. The van der Waals surface area contributed by atoms with Gasteiger partial charge in [-0.05, 0) is 65.2 Å². The Hall–Kier alpha value is -0.720. The molecule has 5 heteroatoms. The molecule has 4 heterocycles. The Morgan fingerprint density at radius 2 is 2.04 bits per heavy atom. The van der Waals surface area contributed by atoms with Gasteiger partial charge in [0.25, 0.3) is 0 Å². The molecule has 136 valence electrons. The van der Waals surface area contributed by atoms with Crippen molar-refractivity contribution in [3.05, 3.63) is 44.8 Å². The van der Waals surface area contributed by atoms with Crippen molar-refractivity contribution in [2.45, 2.75) is 25.9 Å². The Morgan fingerprint density at radius 1 is 1.16 bits per heavy atom. The Labute approximate surface area is 159 Å². The minimum atomic E-state index is 0.456. The van der Waals surface area contributed by atoms with E-state index in [0.29, 0.717) is 11.3 Å². The van der Waals surface area contributed by atoms with E-state index >= 15 is 0 Å². The van der Waals surface area contributed by atoms with E-state index < -0.39 is 0 Å². The molecule has 1 unspecified atom stereocenters. The second kappa shape index (κ2) is 7.89. The van der Waals surface area contributed by atoms with E-state index in [-0.39, 0.29) is 0 Å². The lowest BCUT2D eigenvalue weighted by Gasteiger charge is -2.42. The third kappa shape index (κ3) is 4.01. The van der Waals surface area contributed by atoms with E-state index in [9.17, 15) is 0 Å². The molecule has 2 saturated heterocycles. The summed E-state index contributed by atoms with van der Waals surface area (Å²) in [6.07, 6.45) is 2.62. The zero-order valence-corrected chi connectivity index (χ0v) is 16.7. The predicted octanol–water partition coefficient (Wildman–Crippen LogP) is 4.17. The van der Waals surface area contributed by atoms with Gasteiger partial charge in [0.05, 0.1) is 6.61 Å². The molecular formula is C20H28N2OS2. The Kier molecular flexibility index (Phi) is 5.58. The first kappa shape index (κ1) is 17.7. The van der Waals surface area contributed by atoms with Crippen molar-refractivity contribution >= 4 is 22.7 Å². The van der Waals surface area contributed by atoms with Crippen LogP contribution >= 0.6 is 22.7 Å². The second-order valence-corrected chi connectivity index (χ2v) is 9.48. The van der Waals surface area contributed by atoms with Gasteiger partial charge in [0.1, 0.15) is 0 Å². The van der Waals surface area contributed by atoms with Crippen LogP contribution in [0, 0.1) is 11.3 Å². The Balaban J connectivity index is 1.38. The maximum Gasteiger partial charge on any atom is 0.0508 e. The molecule has 2 aromatic heterocycles. The highest BCUT2D eigenvalue weighted by Gasteiger charge is 2.47. The largest absolute Gasteiger partial charge is 0.384 e. The SMILES string of the molecule is COCC1CN(Cc2ccsc2)CC12CCN(Cc1cccs1)CC2. The molecule has 0 radical (unpaired) electrons. The van der Waals surface area contributed by atoms with Gasteiger partial charge in [-0.2, -0.15) is 11.3 Å². The number of hydrogen-bond donors (Lipinski definition) is 0. The molecule has 0 aromatic carbocycles. The van der Waals surface area contributed by atoms with E-state index in [4.69, 9.17) is 4.74 Å². The lowest BCUT2D eigenvalue weighted by Crippen LogP contribution is -2.44. The number of thiophene rings is 2. The van der Waals surface area contributed by atoms with E-state index in [1.54, 1.807) is 11.3 Å². The van der Waals surface area contributed by atoms with Crippen molar-refractivity contribution in [3.8, 4) is 0 Å². The predicted molar refractivity (Wildman–Crippen MR) is 106 cm³/mol. The third-order valence-electron chi connectivity index (χ3n) is 6.05. The van der Waals surface area contributed by atoms with Gasteiger partial charge < -0.3 is 4.74 Å². The third-order valence-corrected chi connectivity index (χ3v) is 7.64. The molecule has 1 atom stereocenters. The molecule has 2 aromatic rings. The lowest BCUT2D eigenvalue weighted by atomic mass is 9.71. The zero-order valence-electron chi connectivity index (χ0n) is 15.0. The molecule has 0 amide bonds. The molecule has 0 saturated carbocycles. The van der Waals surface area contributed by atoms with Crippen LogP contribution in [0.2, 0.25) is 0 Å². The van der Waals surface area contributed by atoms with Gasteiger partial charge in [0.15, 0.2) is 0 Å². The quantitative estimate of drug-likeness (QED) is 0.752. The van der Waals surface area contributed by atoms with E-state index in [1.165, 1.54) is 49.5 Å². The monoisotopic (exact) mass is 376 g/mol. The van der Waals surface area contributed by atoms with Crippen molar-refractivity contribution in [1.29, 1.82) is 0 Å². The molecular weight excluding hydrogens is 348 g/mol. The molecule has 2 aliphatic rings. The molecule has 0 N–H and O–H groups in total. The van der Waals surface area contributed by atoms with E-state index in [2.05, 4.69) is 44.1 Å². The van der Waals surface area contributed by atoms with Crippen LogP contribution in [-0.4, -0.2) is 49.7 Å². The van der Waals surface area contributed by atoms with Gasteiger partial charge >= 0.3 is 0 Å². The smallest absolute Gasteiger partial charge is 0.0508 e. The average Bonchev–Trinajstić information content (AvgIpc) is 3.34. The van der Waals surface area contributed by atoms with E-state index in [0.717, 1.165) is 19.7 Å². The first-order valence-corrected chi connectivity index (χ1v) is 11.1. The number of rotatable bonds is 6. The maximum atomic E-state index is 5.61. The summed E-state index contributed by atoms with van der Waals surface area (Å²) in [5, 5.41) is 6.67. The highest BCUT2D eigenvalue weighted by atomic mass is 32.1. The lowest BCUT2D eigenvalue weighted by molar-refractivity contribution is 0.0353. The topological polar surface area (TPSA) is 15.7 Å².